The van der Waals surface area contributed by atoms with Gasteiger partial charge in [-0.2, -0.15) is 9.36 Å². The molecule has 1 fully saturated rings. The average Bonchev–Trinajstić information content (AvgIpc) is 2.88. The molecule has 1 aliphatic carbocycles. The molecule has 0 radical (unpaired) electrons. The standard InChI is InChI=1S/C10H13N5OS/c11-9-8(6-1-2-6)10(17-15-9)12-4-3-7-13-5-16-14-7/h5-6,12H,1-4H2,(H2,11,15). The number of nitrogens with one attached hydrogen (secondary N) is 1. The molecule has 0 atom stereocenters. The second-order valence-corrected chi connectivity index (χ2v) is 4.88. The van der Waals surface area contributed by atoms with Crippen molar-refractivity contribution in [2.45, 2.75) is 25.2 Å². The van der Waals surface area contributed by atoms with Crippen LogP contribution >= 0.6 is 11.5 Å². The highest BCUT2D eigenvalue weighted by Gasteiger charge is 2.30. The molecule has 7 heteroatoms. The lowest BCUT2D eigenvalue weighted by atomic mass is 10.2. The molecule has 0 unspecified atom stereocenters. The molecule has 0 aliphatic heterocycles. The largest absolute Gasteiger partial charge is 0.383 e. The highest BCUT2D eigenvalue weighted by Crippen LogP contribution is 2.47. The lowest BCUT2D eigenvalue weighted by Crippen LogP contribution is -2.06. The monoisotopic (exact) mass is 251 g/mol. The van der Waals surface area contributed by atoms with Gasteiger partial charge in [-0.1, -0.05) is 5.16 Å². The molecule has 90 valence electrons. The normalized spacial score (nSPS) is 15.1. The van der Waals surface area contributed by atoms with E-state index in [1.807, 2.05) is 0 Å². The predicted molar refractivity (Wildman–Crippen MR) is 65.0 cm³/mol. The summed E-state index contributed by atoms with van der Waals surface area (Å²) < 4.78 is 8.88. The lowest BCUT2D eigenvalue weighted by Gasteiger charge is -2.04. The van der Waals surface area contributed by atoms with Gasteiger partial charge in [-0.05, 0) is 30.3 Å². The van der Waals surface area contributed by atoms with Crippen molar-refractivity contribution in [2.75, 3.05) is 17.6 Å². The van der Waals surface area contributed by atoms with Gasteiger partial charge in [0.05, 0.1) is 0 Å². The molecule has 0 bridgehead atoms. The molecule has 1 aliphatic rings. The van der Waals surface area contributed by atoms with Crippen LogP contribution in [0.25, 0.3) is 0 Å². The number of nitrogens with two attached hydrogens (primary N) is 1. The van der Waals surface area contributed by atoms with Gasteiger partial charge in [0.25, 0.3) is 0 Å². The number of hydrogen-bond donors (Lipinski definition) is 2. The minimum Gasteiger partial charge on any atom is -0.383 e. The molecule has 6 nitrogen and oxygen atoms in total. The van der Waals surface area contributed by atoms with Crippen molar-refractivity contribution in [3.63, 3.8) is 0 Å². The van der Waals surface area contributed by atoms with Crippen LogP contribution in [-0.4, -0.2) is 21.1 Å². The highest BCUT2D eigenvalue weighted by molar-refractivity contribution is 7.10. The Hall–Kier alpha value is -1.63. The fraction of sp³-hybridized carbons (Fsp3) is 0.500. The van der Waals surface area contributed by atoms with Crippen LogP contribution in [0.1, 0.15) is 30.1 Å². The molecule has 17 heavy (non-hydrogen) atoms. The van der Waals surface area contributed by atoms with Crippen molar-refractivity contribution in [3.8, 4) is 0 Å². The number of nitrogen functional groups attached to an aromatic ring is 1. The zero-order valence-electron chi connectivity index (χ0n) is 9.22. The van der Waals surface area contributed by atoms with Crippen molar-refractivity contribution in [2.24, 2.45) is 0 Å². The van der Waals surface area contributed by atoms with Gasteiger partial charge in [-0.15, -0.1) is 0 Å². The van der Waals surface area contributed by atoms with Crippen molar-refractivity contribution in [1.82, 2.24) is 14.5 Å². The summed E-state index contributed by atoms with van der Waals surface area (Å²) in [4.78, 5) is 3.97. The molecule has 3 N–H and O–H groups in total. The Balaban J connectivity index is 1.61. The fourth-order valence-corrected chi connectivity index (χ4v) is 2.62. The summed E-state index contributed by atoms with van der Waals surface area (Å²) in [6.07, 6.45) is 4.53. The molecule has 0 amide bonds. The summed E-state index contributed by atoms with van der Waals surface area (Å²) in [5.74, 6) is 2.00. The van der Waals surface area contributed by atoms with Crippen LogP contribution in [0.15, 0.2) is 10.9 Å². The fourth-order valence-electron chi connectivity index (χ4n) is 1.79. The van der Waals surface area contributed by atoms with E-state index < -0.39 is 0 Å². The van der Waals surface area contributed by atoms with E-state index in [0.29, 0.717) is 17.6 Å². The molecule has 2 aromatic heterocycles. The number of aromatic nitrogens is 3. The minimum absolute atomic E-state index is 0.612. The van der Waals surface area contributed by atoms with Crippen LogP contribution in [0.2, 0.25) is 0 Å². The van der Waals surface area contributed by atoms with Crippen LogP contribution in [-0.2, 0) is 6.42 Å². The van der Waals surface area contributed by atoms with Gasteiger partial charge in [0.1, 0.15) is 10.8 Å². The molecule has 0 aromatic carbocycles. The van der Waals surface area contributed by atoms with Gasteiger partial charge in [0, 0.05) is 18.5 Å². The van der Waals surface area contributed by atoms with E-state index in [0.717, 1.165) is 18.0 Å². The van der Waals surface area contributed by atoms with Gasteiger partial charge in [-0.25, -0.2) is 0 Å². The Labute approximate surface area is 102 Å². The first-order chi connectivity index (χ1) is 8.34. The average molecular weight is 251 g/mol. The van der Waals surface area contributed by atoms with Crippen molar-refractivity contribution in [1.29, 1.82) is 0 Å². The minimum atomic E-state index is 0.612. The van der Waals surface area contributed by atoms with Gasteiger partial charge in [-0.3, -0.25) is 0 Å². The molecular formula is C10H13N5OS. The maximum Gasteiger partial charge on any atom is 0.213 e. The Morgan fingerprint density at radius 2 is 2.41 bits per heavy atom. The Bertz CT molecular complexity index is 491. The smallest absolute Gasteiger partial charge is 0.213 e. The first kappa shape index (κ1) is 10.5. The third-order valence-corrected chi connectivity index (χ3v) is 3.62. The van der Waals surface area contributed by atoms with Crippen molar-refractivity contribution >= 4 is 22.4 Å². The summed E-state index contributed by atoms with van der Waals surface area (Å²) in [7, 11) is 0. The second kappa shape index (κ2) is 4.33. The van der Waals surface area contributed by atoms with E-state index in [4.69, 9.17) is 5.73 Å². The third-order valence-electron chi connectivity index (χ3n) is 2.78. The van der Waals surface area contributed by atoms with Gasteiger partial charge in [0.15, 0.2) is 5.82 Å². The van der Waals surface area contributed by atoms with Gasteiger partial charge >= 0.3 is 0 Å². The number of rotatable bonds is 5. The van der Waals surface area contributed by atoms with E-state index in [1.165, 1.54) is 36.3 Å². The molecular weight excluding hydrogens is 238 g/mol. The van der Waals surface area contributed by atoms with Crippen LogP contribution in [0.5, 0.6) is 0 Å². The van der Waals surface area contributed by atoms with Crippen LogP contribution in [0.4, 0.5) is 10.8 Å². The lowest BCUT2D eigenvalue weighted by molar-refractivity contribution is 0.410. The molecule has 0 saturated heterocycles. The summed E-state index contributed by atoms with van der Waals surface area (Å²) in [6, 6.07) is 0. The van der Waals surface area contributed by atoms with E-state index in [9.17, 15) is 0 Å². The predicted octanol–water partition coefficient (Wildman–Crippen LogP) is 1.64. The first-order valence-corrected chi connectivity index (χ1v) is 6.36. The summed E-state index contributed by atoms with van der Waals surface area (Å²) in [5.41, 5.74) is 7.07. The summed E-state index contributed by atoms with van der Waals surface area (Å²) in [5, 5.41) is 8.20. The number of hydrogen-bond acceptors (Lipinski definition) is 7. The SMILES string of the molecule is Nc1nsc(NCCc2ncon2)c1C1CC1. The number of anilines is 2. The summed E-state index contributed by atoms with van der Waals surface area (Å²) >= 11 is 1.43. The van der Waals surface area contributed by atoms with Crippen LogP contribution < -0.4 is 11.1 Å². The van der Waals surface area contributed by atoms with E-state index >= 15 is 0 Å². The highest BCUT2D eigenvalue weighted by atomic mass is 32.1. The zero-order valence-corrected chi connectivity index (χ0v) is 10.0. The zero-order chi connectivity index (χ0) is 11.7. The van der Waals surface area contributed by atoms with Crippen LogP contribution in [0.3, 0.4) is 0 Å². The van der Waals surface area contributed by atoms with E-state index in [-0.39, 0.29) is 0 Å². The maximum absolute atomic E-state index is 5.87. The molecule has 0 spiro atoms. The quantitative estimate of drug-likeness (QED) is 0.839. The van der Waals surface area contributed by atoms with Crippen molar-refractivity contribution < 1.29 is 4.52 Å². The third kappa shape index (κ3) is 2.23. The topological polar surface area (TPSA) is 89.9 Å². The molecule has 1 saturated carbocycles. The van der Waals surface area contributed by atoms with Gasteiger partial charge in [0.2, 0.25) is 6.39 Å². The van der Waals surface area contributed by atoms with Crippen molar-refractivity contribution in [3.05, 3.63) is 17.8 Å². The maximum atomic E-state index is 5.87. The van der Waals surface area contributed by atoms with Crippen LogP contribution in [0, 0.1) is 0 Å². The molecule has 3 rings (SSSR count). The molecule has 2 heterocycles. The van der Waals surface area contributed by atoms with E-state index in [2.05, 4.69) is 24.4 Å². The Kier molecular flexibility index (Phi) is 2.68. The number of nitrogens with zero attached hydrogens (tertiary/aromatic N) is 3. The molecule has 2 aromatic rings. The Morgan fingerprint density at radius 3 is 3.12 bits per heavy atom. The second-order valence-electron chi connectivity index (χ2n) is 4.11. The van der Waals surface area contributed by atoms with Gasteiger partial charge < -0.3 is 15.6 Å². The summed E-state index contributed by atoms with van der Waals surface area (Å²) in [6.45, 7) is 0.765. The first-order valence-electron chi connectivity index (χ1n) is 5.58. The Morgan fingerprint density at radius 1 is 1.53 bits per heavy atom. The van der Waals surface area contributed by atoms with E-state index in [1.54, 1.807) is 0 Å².